The van der Waals surface area contributed by atoms with Gasteiger partial charge in [0.15, 0.2) is 0 Å². The molecular formula is C15H23FN2O. The zero-order chi connectivity index (χ0) is 13.8. The normalized spacial score (nSPS) is 22.4. The zero-order valence-electron chi connectivity index (χ0n) is 11.7. The number of ether oxygens (including phenoxy) is 1. The third kappa shape index (κ3) is 3.32. The molecule has 0 saturated carbocycles. The largest absolute Gasteiger partial charge is 0.376 e. The molecule has 1 aromatic rings. The highest BCUT2D eigenvalue weighted by atomic mass is 19.1. The molecule has 0 bridgehead atoms. The Morgan fingerprint density at radius 1 is 1.53 bits per heavy atom. The summed E-state index contributed by atoms with van der Waals surface area (Å²) in [6.45, 7) is 6.99. The molecule has 1 aliphatic rings. The molecule has 106 valence electrons. The molecule has 0 spiro atoms. The van der Waals surface area contributed by atoms with E-state index < -0.39 is 0 Å². The van der Waals surface area contributed by atoms with Crippen molar-refractivity contribution in [2.45, 2.75) is 32.4 Å². The molecule has 4 heteroatoms. The second kappa shape index (κ2) is 6.46. The fraction of sp³-hybridized carbons (Fsp3) is 0.600. The number of hydrogen-bond donors (Lipinski definition) is 1. The van der Waals surface area contributed by atoms with E-state index in [4.69, 9.17) is 10.5 Å². The van der Waals surface area contributed by atoms with Crippen LogP contribution in [-0.4, -0.2) is 37.2 Å². The number of aryl methyl sites for hydroxylation is 1. The molecule has 3 nitrogen and oxygen atoms in total. The molecule has 2 unspecified atom stereocenters. The van der Waals surface area contributed by atoms with Gasteiger partial charge in [0.05, 0.1) is 12.7 Å². The summed E-state index contributed by atoms with van der Waals surface area (Å²) in [6, 6.07) is 5.43. The summed E-state index contributed by atoms with van der Waals surface area (Å²) in [7, 11) is 0. The van der Waals surface area contributed by atoms with Gasteiger partial charge < -0.3 is 10.5 Å². The highest BCUT2D eigenvalue weighted by molar-refractivity contribution is 5.27. The van der Waals surface area contributed by atoms with E-state index in [1.54, 1.807) is 6.92 Å². The minimum atomic E-state index is -0.159. The molecule has 0 aromatic heterocycles. The van der Waals surface area contributed by atoms with Crippen LogP contribution in [0.15, 0.2) is 18.2 Å². The Hall–Kier alpha value is -0.970. The number of hydrogen-bond acceptors (Lipinski definition) is 3. The fourth-order valence-electron chi connectivity index (χ4n) is 2.64. The van der Waals surface area contributed by atoms with Crippen LogP contribution in [-0.2, 0) is 4.74 Å². The first kappa shape index (κ1) is 14.4. The van der Waals surface area contributed by atoms with E-state index in [1.807, 2.05) is 12.1 Å². The molecule has 2 atom stereocenters. The first-order chi connectivity index (χ1) is 9.15. The van der Waals surface area contributed by atoms with Crippen LogP contribution in [0.3, 0.4) is 0 Å². The molecule has 2 rings (SSSR count). The molecule has 2 N–H and O–H groups in total. The molecular weight excluding hydrogens is 243 g/mol. The van der Waals surface area contributed by atoms with Crippen LogP contribution in [0, 0.1) is 12.7 Å². The average Bonchev–Trinajstić information content (AvgIpc) is 2.44. The van der Waals surface area contributed by atoms with E-state index in [9.17, 15) is 4.39 Å². The van der Waals surface area contributed by atoms with Gasteiger partial charge in [-0.1, -0.05) is 19.1 Å². The Labute approximate surface area is 114 Å². The van der Waals surface area contributed by atoms with Crippen molar-refractivity contribution in [1.82, 2.24) is 4.90 Å². The molecule has 1 aliphatic heterocycles. The molecule has 0 aliphatic carbocycles. The topological polar surface area (TPSA) is 38.5 Å². The van der Waals surface area contributed by atoms with Gasteiger partial charge in [0.2, 0.25) is 0 Å². The van der Waals surface area contributed by atoms with Crippen molar-refractivity contribution in [3.05, 3.63) is 35.1 Å². The first-order valence-electron chi connectivity index (χ1n) is 6.97. The standard InChI is InChI=1S/C15H23FN2O/c1-3-13-10-18(6-7-19-13)15(9-17)12-4-5-14(16)11(2)8-12/h4-5,8,13,15H,3,6-7,9-10,17H2,1-2H3. The summed E-state index contributed by atoms with van der Waals surface area (Å²) < 4.78 is 19.0. The van der Waals surface area contributed by atoms with Crippen molar-refractivity contribution in [1.29, 1.82) is 0 Å². The lowest BCUT2D eigenvalue weighted by atomic mass is 10.0. The zero-order valence-corrected chi connectivity index (χ0v) is 11.7. The molecule has 0 radical (unpaired) electrons. The van der Waals surface area contributed by atoms with Gasteiger partial charge in [-0.15, -0.1) is 0 Å². The second-order valence-corrected chi connectivity index (χ2v) is 5.16. The number of rotatable bonds is 4. The van der Waals surface area contributed by atoms with Crippen molar-refractivity contribution >= 4 is 0 Å². The summed E-state index contributed by atoms with van der Waals surface area (Å²) in [5, 5.41) is 0. The van der Waals surface area contributed by atoms with Crippen molar-refractivity contribution in [3.63, 3.8) is 0 Å². The van der Waals surface area contributed by atoms with Crippen LogP contribution in [0.2, 0.25) is 0 Å². The minimum Gasteiger partial charge on any atom is -0.376 e. The van der Waals surface area contributed by atoms with Gasteiger partial charge >= 0.3 is 0 Å². The Morgan fingerprint density at radius 3 is 2.95 bits per heavy atom. The van der Waals surface area contributed by atoms with Gasteiger partial charge in [-0.05, 0) is 30.5 Å². The van der Waals surface area contributed by atoms with E-state index in [2.05, 4.69) is 11.8 Å². The molecule has 1 aromatic carbocycles. The summed E-state index contributed by atoms with van der Waals surface area (Å²) in [5.74, 6) is -0.159. The van der Waals surface area contributed by atoms with Crippen LogP contribution in [0.4, 0.5) is 4.39 Å². The highest BCUT2D eigenvalue weighted by Crippen LogP contribution is 2.24. The number of halogens is 1. The van der Waals surface area contributed by atoms with E-state index in [1.165, 1.54) is 6.07 Å². The molecule has 1 fully saturated rings. The fourth-order valence-corrected chi connectivity index (χ4v) is 2.64. The highest BCUT2D eigenvalue weighted by Gasteiger charge is 2.26. The van der Waals surface area contributed by atoms with Gasteiger partial charge in [-0.25, -0.2) is 4.39 Å². The predicted octanol–water partition coefficient (Wildman–Crippen LogP) is 2.24. The number of nitrogens with two attached hydrogens (primary N) is 1. The first-order valence-corrected chi connectivity index (χ1v) is 6.97. The van der Waals surface area contributed by atoms with E-state index >= 15 is 0 Å². The smallest absolute Gasteiger partial charge is 0.126 e. The number of nitrogens with zero attached hydrogens (tertiary/aromatic N) is 1. The summed E-state index contributed by atoms with van der Waals surface area (Å²) in [5.41, 5.74) is 7.71. The van der Waals surface area contributed by atoms with Crippen molar-refractivity contribution < 1.29 is 9.13 Å². The van der Waals surface area contributed by atoms with Crippen LogP contribution >= 0.6 is 0 Å². The second-order valence-electron chi connectivity index (χ2n) is 5.16. The minimum absolute atomic E-state index is 0.150. The number of benzene rings is 1. The van der Waals surface area contributed by atoms with Gasteiger partial charge in [-0.3, -0.25) is 4.90 Å². The van der Waals surface area contributed by atoms with E-state index in [0.29, 0.717) is 12.1 Å². The van der Waals surface area contributed by atoms with Crippen molar-refractivity contribution in [2.75, 3.05) is 26.2 Å². The van der Waals surface area contributed by atoms with Crippen molar-refractivity contribution in [2.24, 2.45) is 5.73 Å². The lowest BCUT2D eigenvalue weighted by Gasteiger charge is -2.38. The maximum absolute atomic E-state index is 13.4. The van der Waals surface area contributed by atoms with Crippen LogP contribution < -0.4 is 5.73 Å². The van der Waals surface area contributed by atoms with Crippen LogP contribution in [0.1, 0.15) is 30.5 Å². The van der Waals surface area contributed by atoms with E-state index in [-0.39, 0.29) is 18.0 Å². The monoisotopic (exact) mass is 266 g/mol. The van der Waals surface area contributed by atoms with E-state index in [0.717, 1.165) is 31.7 Å². The summed E-state index contributed by atoms with van der Waals surface area (Å²) >= 11 is 0. The molecule has 1 saturated heterocycles. The molecule has 19 heavy (non-hydrogen) atoms. The third-order valence-corrected chi connectivity index (χ3v) is 3.86. The van der Waals surface area contributed by atoms with Gasteiger partial charge in [0.1, 0.15) is 5.82 Å². The lowest BCUT2D eigenvalue weighted by molar-refractivity contribution is -0.0437. The third-order valence-electron chi connectivity index (χ3n) is 3.86. The van der Waals surface area contributed by atoms with Gasteiger partial charge in [-0.2, -0.15) is 0 Å². The maximum Gasteiger partial charge on any atom is 0.126 e. The quantitative estimate of drug-likeness (QED) is 0.908. The maximum atomic E-state index is 13.4. The Morgan fingerprint density at radius 2 is 2.32 bits per heavy atom. The molecule has 0 amide bonds. The number of morpholine rings is 1. The lowest BCUT2D eigenvalue weighted by Crippen LogP contribution is -2.46. The Kier molecular flexibility index (Phi) is 4.91. The SMILES string of the molecule is CCC1CN(C(CN)c2ccc(F)c(C)c2)CCO1. The summed E-state index contributed by atoms with van der Waals surface area (Å²) in [4.78, 5) is 2.35. The van der Waals surface area contributed by atoms with Gasteiger partial charge in [0.25, 0.3) is 0 Å². The van der Waals surface area contributed by atoms with Crippen LogP contribution in [0.25, 0.3) is 0 Å². The summed E-state index contributed by atoms with van der Waals surface area (Å²) in [6.07, 6.45) is 1.29. The van der Waals surface area contributed by atoms with Crippen LogP contribution in [0.5, 0.6) is 0 Å². The Bertz CT molecular complexity index is 425. The molecule has 1 heterocycles. The van der Waals surface area contributed by atoms with Gasteiger partial charge in [0, 0.05) is 25.7 Å². The average molecular weight is 266 g/mol. The Balaban J connectivity index is 2.16. The predicted molar refractivity (Wildman–Crippen MR) is 74.5 cm³/mol. The van der Waals surface area contributed by atoms with Crippen molar-refractivity contribution in [3.8, 4) is 0 Å².